The van der Waals surface area contributed by atoms with Crippen LogP contribution in [-0.4, -0.2) is 33.8 Å². The van der Waals surface area contributed by atoms with Gasteiger partial charge in [0.2, 0.25) is 10.0 Å². The van der Waals surface area contributed by atoms with Crippen LogP contribution in [0.4, 0.5) is 0 Å². The van der Waals surface area contributed by atoms with E-state index in [-0.39, 0.29) is 5.75 Å². The molecule has 5 heteroatoms. The second-order valence-electron chi connectivity index (χ2n) is 3.90. The van der Waals surface area contributed by atoms with E-state index in [9.17, 15) is 8.42 Å². The topological polar surface area (TPSA) is 58.2 Å². The zero-order valence-corrected chi connectivity index (χ0v) is 8.60. The van der Waals surface area contributed by atoms with Crippen molar-refractivity contribution in [1.82, 2.24) is 10.0 Å². The number of fused-ring (bicyclic) bond motifs is 1. The van der Waals surface area contributed by atoms with Gasteiger partial charge in [-0.05, 0) is 37.8 Å². The first kappa shape index (κ1) is 9.43. The second kappa shape index (κ2) is 3.22. The number of sulfonamides is 1. The van der Waals surface area contributed by atoms with E-state index in [1.54, 1.807) is 6.92 Å². The van der Waals surface area contributed by atoms with Crippen LogP contribution in [-0.2, 0) is 10.0 Å². The third-order valence-corrected chi connectivity index (χ3v) is 4.55. The molecule has 2 unspecified atom stereocenters. The molecular weight excluding hydrogens is 188 g/mol. The van der Waals surface area contributed by atoms with Crippen molar-refractivity contribution < 1.29 is 8.42 Å². The SMILES string of the molecule is CCS(=O)(=O)NCC1C2CNCC21. The van der Waals surface area contributed by atoms with Crippen LogP contribution in [0.5, 0.6) is 0 Å². The number of hydrogen-bond donors (Lipinski definition) is 2. The summed E-state index contributed by atoms with van der Waals surface area (Å²) in [4.78, 5) is 0. The van der Waals surface area contributed by atoms with Gasteiger partial charge in [-0.2, -0.15) is 0 Å². The van der Waals surface area contributed by atoms with Gasteiger partial charge in [0.1, 0.15) is 0 Å². The van der Waals surface area contributed by atoms with Crippen LogP contribution in [0.3, 0.4) is 0 Å². The highest BCUT2D eigenvalue weighted by Crippen LogP contribution is 2.48. The lowest BCUT2D eigenvalue weighted by Crippen LogP contribution is -2.29. The van der Waals surface area contributed by atoms with Crippen LogP contribution >= 0.6 is 0 Å². The molecule has 1 saturated carbocycles. The van der Waals surface area contributed by atoms with E-state index >= 15 is 0 Å². The standard InChI is InChI=1S/C8H16N2O2S/c1-2-13(11,12)10-5-8-6-3-9-4-7(6)8/h6-10H,2-5H2,1H3. The molecule has 76 valence electrons. The summed E-state index contributed by atoms with van der Waals surface area (Å²) >= 11 is 0. The van der Waals surface area contributed by atoms with Crippen LogP contribution in [0.15, 0.2) is 0 Å². The molecule has 2 N–H and O–H groups in total. The van der Waals surface area contributed by atoms with Gasteiger partial charge in [0.25, 0.3) is 0 Å². The van der Waals surface area contributed by atoms with Gasteiger partial charge in [0, 0.05) is 6.54 Å². The summed E-state index contributed by atoms with van der Waals surface area (Å²) in [6.45, 7) is 4.46. The Balaban J connectivity index is 1.76. The normalized spacial score (nSPS) is 37.5. The molecule has 1 saturated heterocycles. The maximum atomic E-state index is 11.1. The molecule has 2 fully saturated rings. The summed E-state index contributed by atoms with van der Waals surface area (Å²) in [7, 11) is -2.98. The Morgan fingerprint density at radius 3 is 2.54 bits per heavy atom. The lowest BCUT2D eigenvalue weighted by molar-refractivity contribution is 0.554. The molecule has 1 aliphatic heterocycles. The molecule has 0 aromatic carbocycles. The molecule has 1 aliphatic carbocycles. The summed E-state index contributed by atoms with van der Waals surface area (Å²) in [6.07, 6.45) is 0. The quantitative estimate of drug-likeness (QED) is 0.642. The Hall–Kier alpha value is -0.130. The lowest BCUT2D eigenvalue weighted by Gasteiger charge is -2.05. The fraction of sp³-hybridized carbons (Fsp3) is 1.00. The first-order chi connectivity index (χ1) is 6.14. The van der Waals surface area contributed by atoms with Crippen molar-refractivity contribution >= 4 is 10.0 Å². The highest BCUT2D eigenvalue weighted by atomic mass is 32.2. The van der Waals surface area contributed by atoms with Gasteiger partial charge in [-0.3, -0.25) is 0 Å². The molecule has 0 bridgehead atoms. The van der Waals surface area contributed by atoms with Crippen molar-refractivity contribution in [3.8, 4) is 0 Å². The first-order valence-corrected chi connectivity index (χ1v) is 6.47. The maximum absolute atomic E-state index is 11.1. The van der Waals surface area contributed by atoms with E-state index < -0.39 is 10.0 Å². The minimum absolute atomic E-state index is 0.188. The second-order valence-corrected chi connectivity index (χ2v) is 6.00. The number of piperidine rings is 1. The Labute approximate surface area is 79.1 Å². The van der Waals surface area contributed by atoms with E-state index in [2.05, 4.69) is 10.0 Å². The molecule has 2 atom stereocenters. The van der Waals surface area contributed by atoms with Crippen LogP contribution in [0.2, 0.25) is 0 Å². The van der Waals surface area contributed by atoms with Crippen LogP contribution < -0.4 is 10.0 Å². The Morgan fingerprint density at radius 2 is 2.00 bits per heavy atom. The Bertz CT molecular complexity index is 279. The number of hydrogen-bond acceptors (Lipinski definition) is 3. The van der Waals surface area contributed by atoms with Crippen molar-refractivity contribution in [2.24, 2.45) is 17.8 Å². The zero-order chi connectivity index (χ0) is 9.47. The number of nitrogens with one attached hydrogen (secondary N) is 2. The highest BCUT2D eigenvalue weighted by molar-refractivity contribution is 7.89. The summed E-state index contributed by atoms with van der Waals surface area (Å²) in [6, 6.07) is 0. The van der Waals surface area contributed by atoms with Crippen molar-refractivity contribution in [3.63, 3.8) is 0 Å². The minimum Gasteiger partial charge on any atom is -0.316 e. The van der Waals surface area contributed by atoms with Crippen molar-refractivity contribution in [1.29, 1.82) is 0 Å². The fourth-order valence-corrected chi connectivity index (χ4v) is 2.83. The summed E-state index contributed by atoms with van der Waals surface area (Å²) in [5.74, 6) is 2.26. The van der Waals surface area contributed by atoms with Gasteiger partial charge in [-0.15, -0.1) is 0 Å². The van der Waals surface area contributed by atoms with Gasteiger partial charge in [-0.25, -0.2) is 13.1 Å². The van der Waals surface area contributed by atoms with Crippen molar-refractivity contribution in [2.75, 3.05) is 25.4 Å². The van der Waals surface area contributed by atoms with E-state index in [1.807, 2.05) is 0 Å². The lowest BCUT2D eigenvalue weighted by atomic mass is 10.3. The van der Waals surface area contributed by atoms with Crippen molar-refractivity contribution in [2.45, 2.75) is 6.92 Å². The molecule has 2 aliphatic rings. The van der Waals surface area contributed by atoms with Crippen molar-refractivity contribution in [3.05, 3.63) is 0 Å². The molecule has 4 nitrogen and oxygen atoms in total. The summed E-state index contributed by atoms with van der Waals surface area (Å²) in [5.41, 5.74) is 0. The van der Waals surface area contributed by atoms with E-state index in [0.29, 0.717) is 12.5 Å². The average molecular weight is 204 g/mol. The largest absolute Gasteiger partial charge is 0.316 e. The van der Waals surface area contributed by atoms with E-state index in [1.165, 1.54) is 0 Å². The molecular formula is C8H16N2O2S. The maximum Gasteiger partial charge on any atom is 0.211 e. The Kier molecular flexibility index (Phi) is 2.33. The van der Waals surface area contributed by atoms with Crippen LogP contribution in [0.1, 0.15) is 6.92 Å². The molecule has 2 rings (SSSR count). The van der Waals surface area contributed by atoms with Gasteiger partial charge in [0.15, 0.2) is 0 Å². The predicted octanol–water partition coefficient (Wildman–Crippen LogP) is -0.609. The summed E-state index contributed by atoms with van der Waals surface area (Å²) < 4.78 is 24.9. The molecule has 1 heterocycles. The van der Waals surface area contributed by atoms with E-state index in [4.69, 9.17) is 0 Å². The third-order valence-electron chi connectivity index (χ3n) is 3.19. The molecule has 0 amide bonds. The molecule has 13 heavy (non-hydrogen) atoms. The monoisotopic (exact) mass is 204 g/mol. The highest BCUT2D eigenvalue weighted by Gasteiger charge is 2.52. The average Bonchev–Trinajstić information content (AvgIpc) is 2.56. The molecule has 0 aromatic heterocycles. The zero-order valence-electron chi connectivity index (χ0n) is 7.79. The minimum atomic E-state index is -2.98. The summed E-state index contributed by atoms with van der Waals surface area (Å²) in [5, 5.41) is 3.29. The van der Waals surface area contributed by atoms with E-state index in [0.717, 1.165) is 24.9 Å². The Morgan fingerprint density at radius 1 is 1.38 bits per heavy atom. The smallest absolute Gasteiger partial charge is 0.211 e. The van der Waals surface area contributed by atoms with Crippen LogP contribution in [0, 0.1) is 17.8 Å². The predicted molar refractivity (Wildman–Crippen MR) is 50.8 cm³/mol. The van der Waals surface area contributed by atoms with Gasteiger partial charge < -0.3 is 5.32 Å². The molecule has 0 aromatic rings. The number of rotatable bonds is 4. The molecule has 0 spiro atoms. The van der Waals surface area contributed by atoms with Gasteiger partial charge in [0.05, 0.1) is 5.75 Å². The van der Waals surface area contributed by atoms with Crippen LogP contribution in [0.25, 0.3) is 0 Å². The third kappa shape index (κ3) is 1.87. The van der Waals surface area contributed by atoms with Gasteiger partial charge in [-0.1, -0.05) is 0 Å². The van der Waals surface area contributed by atoms with Gasteiger partial charge >= 0.3 is 0 Å². The molecule has 0 radical (unpaired) electrons. The first-order valence-electron chi connectivity index (χ1n) is 4.82. The fourth-order valence-electron chi connectivity index (χ4n) is 2.17.